The van der Waals surface area contributed by atoms with Crippen LogP contribution in [0.5, 0.6) is 17.2 Å². The van der Waals surface area contributed by atoms with E-state index >= 15 is 22.0 Å². The van der Waals surface area contributed by atoms with Crippen molar-refractivity contribution in [1.82, 2.24) is 58.3 Å². The van der Waals surface area contributed by atoms with Crippen molar-refractivity contribution in [3.63, 3.8) is 0 Å². The Hall–Kier alpha value is -13.8. The topological polar surface area (TPSA) is 346 Å². The number of benzene rings is 3. The number of hydrogen-bond acceptors (Lipinski definition) is 21. The average Bonchev–Trinajstić information content (AvgIpc) is 0.725. The number of phenols is 3. The second-order valence-corrected chi connectivity index (χ2v) is 37.5. The fourth-order valence-electron chi connectivity index (χ4n) is 18.7. The largest absolute Gasteiger partial charge is 0.503 e. The standard InChI is InChI=1S/3C33H29Cl2F3N6O3/c2*1-7-21(45)43-16(5)12-42(13-17(43)6)30-18-10-20(34)28(22-24(36)23(35)26(38)31(46)25(22)37)41-32(18)44(33(47)19(30)11-39)29-15(4)8-9-40-27(29)14(2)3;1-7-21(45)43-16(5)12-42(13-17(43)6)30-18-10-20(34)28(22-23(35)25(37)26(38)31(46)24(22)36)41-32(18)44(33(47)19(30)11-39)29-15(4)8-9-40-27(29)14(2)3/h3*7-10,14,16-17,46H,1,12-13H2,2-6H3/t3*16-,17+. The first kappa shape index (κ1) is 105. The third kappa shape index (κ3) is 18.1. The predicted octanol–water partition coefficient (Wildman–Crippen LogP) is 20.4. The van der Waals surface area contributed by atoms with Crippen LogP contribution in [-0.2, 0) is 14.4 Å². The van der Waals surface area contributed by atoms with Crippen molar-refractivity contribution in [2.75, 3.05) is 54.0 Å². The van der Waals surface area contributed by atoms with Crippen LogP contribution in [0, 0.1) is 107 Å². The Balaban J connectivity index is 0.000000178. The number of aryl methyl sites for hydroxylation is 3. The van der Waals surface area contributed by atoms with Gasteiger partial charge in [0.1, 0.15) is 61.9 Å². The first-order valence-corrected chi connectivity index (χ1v) is 45.9. The summed E-state index contributed by atoms with van der Waals surface area (Å²) < 4.78 is 138. The van der Waals surface area contributed by atoms with Crippen LogP contribution in [0.3, 0.4) is 0 Å². The van der Waals surface area contributed by atoms with Gasteiger partial charge in [0, 0.05) is 110 Å². The fraction of sp³-hybridized carbons (Fsp3) is 0.303. The van der Waals surface area contributed by atoms with Gasteiger partial charge in [-0.2, -0.15) is 20.2 Å². The van der Waals surface area contributed by atoms with Crippen LogP contribution in [0.15, 0.2) is 107 Å². The Morgan fingerprint density at radius 1 is 0.383 bits per heavy atom. The summed E-state index contributed by atoms with van der Waals surface area (Å²) >= 11 is 37.5. The summed E-state index contributed by atoms with van der Waals surface area (Å²) in [6.45, 7) is 39.2. The van der Waals surface area contributed by atoms with Gasteiger partial charge in [-0.25, -0.2) is 50.1 Å². The van der Waals surface area contributed by atoms with E-state index < -0.39 is 135 Å². The molecule has 42 heteroatoms. The van der Waals surface area contributed by atoms with E-state index in [0.717, 1.165) is 9.13 Å². The van der Waals surface area contributed by atoms with Gasteiger partial charge in [-0.3, -0.25) is 57.4 Å². The molecule has 9 aromatic heterocycles. The Morgan fingerprint density at radius 3 is 0.865 bits per heavy atom. The number of fused-ring (bicyclic) bond motifs is 3. The molecule has 3 saturated heterocycles. The maximum atomic E-state index is 15.4. The summed E-state index contributed by atoms with van der Waals surface area (Å²) in [5.74, 6) is -21.4. The first-order chi connectivity index (χ1) is 66.5. The molecular weight excluding hydrogens is 1970 g/mol. The van der Waals surface area contributed by atoms with E-state index in [4.69, 9.17) is 69.6 Å². The van der Waals surface area contributed by atoms with E-state index in [0.29, 0.717) is 50.8 Å². The number of amides is 3. The molecule has 0 unspecified atom stereocenters. The van der Waals surface area contributed by atoms with Crippen molar-refractivity contribution in [1.29, 1.82) is 15.8 Å². The molecule has 3 aromatic carbocycles. The van der Waals surface area contributed by atoms with Crippen molar-refractivity contribution in [3.05, 3.63) is 257 Å². The van der Waals surface area contributed by atoms with Crippen molar-refractivity contribution < 1.29 is 69.2 Å². The summed E-state index contributed by atoms with van der Waals surface area (Å²) in [5.41, 5.74) is -3.49. The highest BCUT2D eigenvalue weighted by atomic mass is 35.5. The molecule has 0 radical (unpaired) electrons. The Kier molecular flexibility index (Phi) is 30.3. The van der Waals surface area contributed by atoms with Crippen molar-refractivity contribution >= 4 is 137 Å². The molecule has 27 nitrogen and oxygen atoms in total. The molecule has 3 amide bonds. The Bertz CT molecular complexity index is 6870. The number of phenolic OH excluding ortho intramolecular Hbond substituents is 3. The number of rotatable bonds is 15. The number of pyridine rings is 9. The molecule has 3 N–H and O–H groups in total. The molecule has 12 heterocycles. The number of halogens is 15. The maximum absolute atomic E-state index is 15.4. The average molecular weight is 2060 g/mol. The lowest BCUT2D eigenvalue weighted by Crippen LogP contribution is -2.58. The van der Waals surface area contributed by atoms with Gasteiger partial charge in [-0.05, 0) is 151 Å². The highest BCUT2D eigenvalue weighted by molar-refractivity contribution is 6.37. The van der Waals surface area contributed by atoms with Gasteiger partial charge < -0.3 is 44.7 Å². The number of aromatic nitrogens is 9. The lowest BCUT2D eigenvalue weighted by atomic mass is 10.0. The summed E-state index contributed by atoms with van der Waals surface area (Å²) in [5, 5.41) is 57.7. The second-order valence-electron chi connectivity index (χ2n) is 35.1. The predicted molar refractivity (Wildman–Crippen MR) is 522 cm³/mol. The Morgan fingerprint density at radius 2 is 0.624 bits per heavy atom. The SMILES string of the molecule is C=CC(=O)N1[C@H](C)CN(c2c(C#N)c(=O)n(-c3c(C)ccnc3C(C)C)c3nc(-c4c(F)c(O)c(F)c(Cl)c4F)c(Cl)cc23)C[C@@H]1C.C=CC(=O)N1[C@H](C)CN(c2c(C#N)c(=O)n(-c3c(C)ccnc3C(C)C)c3nc(-c4c(F)c(O)c(F)c(Cl)c4F)c(Cl)cc23)C[C@@H]1C.C=CC(=O)N1[C@H](C)CN(c2c(C#N)c(=O)n(-c3c(C)ccnc3C(C)C)c3nc(-c4c(F)c(O)c(F)c(F)c4Cl)c(Cl)cc23)C[C@@H]1C. The monoisotopic (exact) mass is 2050 g/mol. The quantitative estimate of drug-likeness (QED) is 0.0371. The van der Waals surface area contributed by atoms with E-state index in [9.17, 15) is 77.4 Å². The highest BCUT2D eigenvalue weighted by Gasteiger charge is 2.43. The zero-order valence-corrected chi connectivity index (χ0v) is 82.5. The molecule has 12 aromatic rings. The van der Waals surface area contributed by atoms with Crippen LogP contribution in [0.2, 0.25) is 30.1 Å². The summed E-state index contributed by atoms with van der Waals surface area (Å²) in [4.78, 5) is 119. The fourth-order valence-corrected chi connectivity index (χ4v) is 20.1. The molecular formula is C99H87Cl6F9N18O9. The van der Waals surface area contributed by atoms with Gasteiger partial charge in [0.15, 0.2) is 63.8 Å². The number of carbonyl (C=O) groups is 3. The van der Waals surface area contributed by atoms with Crippen LogP contribution in [-0.4, -0.2) is 167 Å². The molecule has 3 aliphatic rings. The minimum Gasteiger partial charge on any atom is -0.503 e. The number of carbonyl (C=O) groups excluding carboxylic acids is 3. The summed E-state index contributed by atoms with van der Waals surface area (Å²) in [7, 11) is 0. The molecule has 6 atom stereocenters. The van der Waals surface area contributed by atoms with Crippen molar-refractivity contribution in [2.45, 2.75) is 158 Å². The van der Waals surface area contributed by atoms with Gasteiger partial charge in [0.25, 0.3) is 16.7 Å². The minimum absolute atomic E-state index is 0.119. The third-order valence-corrected chi connectivity index (χ3v) is 26.6. The molecule has 3 fully saturated rings. The van der Waals surface area contributed by atoms with E-state index in [-0.39, 0.29) is 193 Å². The summed E-state index contributed by atoms with van der Waals surface area (Å²) in [6.07, 6.45) is 8.35. The molecule has 3 aliphatic heterocycles. The maximum Gasteiger partial charge on any atom is 0.276 e. The van der Waals surface area contributed by atoms with Gasteiger partial charge in [0.2, 0.25) is 23.5 Å². The first-order valence-electron chi connectivity index (χ1n) is 43.7. The number of aromatic hydroxyl groups is 3. The molecule has 15 rings (SSSR count). The van der Waals surface area contributed by atoms with Crippen LogP contribution >= 0.6 is 69.6 Å². The number of hydrogen-bond donors (Lipinski definition) is 3. The summed E-state index contributed by atoms with van der Waals surface area (Å²) in [6, 6.07) is 12.8. The molecule has 0 saturated carbocycles. The van der Waals surface area contributed by atoms with Gasteiger partial charge in [-0.1, -0.05) is 131 Å². The zero-order chi connectivity index (χ0) is 104. The zero-order valence-electron chi connectivity index (χ0n) is 78.0. The molecule has 732 valence electrons. The molecule has 141 heavy (non-hydrogen) atoms. The van der Waals surface area contributed by atoms with Gasteiger partial charge in [0.05, 0.1) is 105 Å². The van der Waals surface area contributed by atoms with E-state index in [1.54, 1.807) is 87.0 Å². The van der Waals surface area contributed by atoms with Crippen LogP contribution in [0.1, 0.15) is 151 Å². The molecule has 0 bridgehead atoms. The highest BCUT2D eigenvalue weighted by Crippen LogP contribution is 2.50. The van der Waals surface area contributed by atoms with E-state index in [1.807, 2.05) is 101 Å². The molecule has 0 spiro atoms. The van der Waals surface area contributed by atoms with Crippen LogP contribution in [0.25, 0.3) is 83.9 Å². The van der Waals surface area contributed by atoms with Crippen molar-refractivity contribution in [2.24, 2.45) is 0 Å². The number of anilines is 3. The lowest BCUT2D eigenvalue weighted by molar-refractivity contribution is -0.131. The van der Waals surface area contributed by atoms with E-state index in [1.165, 1.54) is 41.0 Å². The number of nitriles is 3. The van der Waals surface area contributed by atoms with Gasteiger partial charge >= 0.3 is 0 Å². The van der Waals surface area contributed by atoms with E-state index in [2.05, 4.69) is 49.6 Å². The van der Waals surface area contributed by atoms with Crippen molar-refractivity contribution in [3.8, 4) is 86.3 Å². The normalized spacial score (nSPS) is 16.6. The third-order valence-electron chi connectivity index (χ3n) is 24.8. The Labute approximate surface area is 830 Å². The second kappa shape index (κ2) is 40.8. The number of piperazine rings is 3. The van der Waals surface area contributed by atoms with Crippen LogP contribution < -0.4 is 31.4 Å². The van der Waals surface area contributed by atoms with Gasteiger partial charge in [-0.15, -0.1) is 0 Å². The molecule has 0 aliphatic carbocycles. The minimum atomic E-state index is -1.89. The lowest BCUT2D eigenvalue weighted by Gasteiger charge is -2.45. The van der Waals surface area contributed by atoms with Crippen LogP contribution in [0.4, 0.5) is 56.6 Å². The number of nitrogens with zero attached hydrogens (tertiary/aromatic N) is 18. The smallest absolute Gasteiger partial charge is 0.276 e.